The molecule has 0 amide bonds. The average Bonchev–Trinajstić information content (AvgIpc) is 2.50. The Labute approximate surface area is 140 Å². The summed E-state index contributed by atoms with van der Waals surface area (Å²) >= 11 is 8.22. The van der Waals surface area contributed by atoms with Crippen molar-refractivity contribution in [2.24, 2.45) is 11.1 Å². The second-order valence-electron chi connectivity index (χ2n) is 5.82. The van der Waals surface area contributed by atoms with E-state index >= 15 is 0 Å². The molecule has 0 aliphatic carbocycles. The zero-order valence-corrected chi connectivity index (χ0v) is 15.0. The van der Waals surface area contributed by atoms with Crippen molar-refractivity contribution >= 4 is 38.8 Å². The lowest BCUT2D eigenvalue weighted by molar-refractivity contribution is 0.199. The molecule has 1 heterocycles. The highest BCUT2D eigenvalue weighted by Crippen LogP contribution is 2.40. The maximum absolute atomic E-state index is 14.6. The number of benzene rings is 1. The first kappa shape index (κ1) is 16.7. The average molecular weight is 373 g/mol. The molecule has 2 rings (SSSR count). The number of piperidine rings is 1. The quantitative estimate of drug-likeness (QED) is 0.781. The first-order chi connectivity index (χ1) is 9.94. The number of rotatable bonds is 4. The molecular formula is C16H22BrFN2S. The topological polar surface area (TPSA) is 29.3 Å². The Bertz CT molecular complexity index is 533. The summed E-state index contributed by atoms with van der Waals surface area (Å²) in [6.07, 6.45) is 4.63. The first-order valence-electron chi connectivity index (χ1n) is 7.47. The minimum Gasteiger partial charge on any atom is -0.389 e. The summed E-state index contributed by atoms with van der Waals surface area (Å²) in [7, 11) is 0. The van der Waals surface area contributed by atoms with Crippen LogP contribution in [0, 0.1) is 11.2 Å². The first-order valence-corrected chi connectivity index (χ1v) is 8.67. The molecule has 1 aromatic carbocycles. The van der Waals surface area contributed by atoms with Crippen LogP contribution in [-0.4, -0.2) is 18.1 Å². The van der Waals surface area contributed by atoms with Crippen LogP contribution < -0.4 is 10.6 Å². The Morgan fingerprint density at radius 1 is 1.33 bits per heavy atom. The van der Waals surface area contributed by atoms with Crippen LogP contribution in [0.3, 0.4) is 0 Å². The van der Waals surface area contributed by atoms with E-state index in [1.807, 2.05) is 0 Å². The summed E-state index contributed by atoms with van der Waals surface area (Å²) in [6.45, 7) is 6.32. The van der Waals surface area contributed by atoms with Crippen LogP contribution in [0.2, 0.25) is 0 Å². The zero-order valence-electron chi connectivity index (χ0n) is 12.6. The van der Waals surface area contributed by atoms with Crippen molar-refractivity contribution in [3.05, 3.63) is 28.0 Å². The summed E-state index contributed by atoms with van der Waals surface area (Å²) in [5.74, 6) is -0.263. The number of thiocarbonyl (C=S) groups is 1. The number of anilines is 1. The highest BCUT2D eigenvalue weighted by Gasteiger charge is 2.32. The fourth-order valence-electron chi connectivity index (χ4n) is 3.15. The van der Waals surface area contributed by atoms with Crippen LogP contribution in [0.4, 0.5) is 10.1 Å². The van der Waals surface area contributed by atoms with Gasteiger partial charge < -0.3 is 10.6 Å². The van der Waals surface area contributed by atoms with E-state index in [0.29, 0.717) is 21.1 Å². The normalized spacial score (nSPS) is 17.8. The molecule has 1 aliphatic heterocycles. The molecule has 21 heavy (non-hydrogen) atoms. The molecule has 0 aromatic heterocycles. The molecule has 116 valence electrons. The Morgan fingerprint density at radius 3 is 2.38 bits per heavy atom. The van der Waals surface area contributed by atoms with E-state index in [1.54, 1.807) is 12.1 Å². The van der Waals surface area contributed by atoms with Gasteiger partial charge in [0.1, 0.15) is 4.99 Å². The van der Waals surface area contributed by atoms with Gasteiger partial charge in [0.2, 0.25) is 0 Å². The molecule has 1 aromatic rings. The van der Waals surface area contributed by atoms with Crippen molar-refractivity contribution in [3.63, 3.8) is 0 Å². The van der Waals surface area contributed by atoms with E-state index in [0.717, 1.165) is 25.9 Å². The third kappa shape index (κ3) is 3.24. The van der Waals surface area contributed by atoms with Gasteiger partial charge in [0.05, 0.1) is 10.2 Å². The molecule has 0 radical (unpaired) electrons. The smallest absolute Gasteiger partial charge is 0.161 e. The van der Waals surface area contributed by atoms with Gasteiger partial charge in [-0.2, -0.15) is 0 Å². The molecule has 2 N–H and O–H groups in total. The molecule has 1 fully saturated rings. The minimum absolute atomic E-state index is 0.210. The number of nitrogens with zero attached hydrogens (tertiary/aromatic N) is 1. The maximum Gasteiger partial charge on any atom is 0.161 e. The van der Waals surface area contributed by atoms with Crippen LogP contribution in [0.25, 0.3) is 0 Å². The van der Waals surface area contributed by atoms with Crippen LogP contribution in [0.1, 0.15) is 45.1 Å². The van der Waals surface area contributed by atoms with Crippen molar-refractivity contribution in [2.75, 3.05) is 18.0 Å². The van der Waals surface area contributed by atoms with Gasteiger partial charge in [-0.3, -0.25) is 0 Å². The second-order valence-corrected chi connectivity index (χ2v) is 7.05. The summed E-state index contributed by atoms with van der Waals surface area (Å²) in [6, 6.07) is 3.59. The molecule has 0 spiro atoms. The third-order valence-electron chi connectivity index (χ3n) is 4.99. The Morgan fingerprint density at radius 2 is 1.90 bits per heavy atom. The predicted octanol–water partition coefficient (Wildman–Crippen LogP) is 4.63. The molecule has 0 unspecified atom stereocenters. The number of halogens is 2. The van der Waals surface area contributed by atoms with E-state index in [9.17, 15) is 4.39 Å². The molecule has 0 atom stereocenters. The van der Waals surface area contributed by atoms with Gasteiger partial charge in [-0.25, -0.2) is 4.39 Å². The number of hydrogen-bond donors (Lipinski definition) is 1. The van der Waals surface area contributed by atoms with Crippen molar-refractivity contribution in [3.8, 4) is 0 Å². The van der Waals surface area contributed by atoms with Gasteiger partial charge in [0.25, 0.3) is 0 Å². The maximum atomic E-state index is 14.6. The SMILES string of the molecule is CCC1(CC)CCN(c2ccc(C(N)=S)c(Br)c2F)CC1. The minimum atomic E-state index is -0.263. The van der Waals surface area contributed by atoms with E-state index in [2.05, 4.69) is 34.7 Å². The highest BCUT2D eigenvalue weighted by molar-refractivity contribution is 9.10. The van der Waals surface area contributed by atoms with Crippen molar-refractivity contribution < 1.29 is 4.39 Å². The van der Waals surface area contributed by atoms with Crippen molar-refractivity contribution in [1.82, 2.24) is 0 Å². The van der Waals surface area contributed by atoms with Crippen LogP contribution in [0.15, 0.2) is 16.6 Å². The van der Waals surface area contributed by atoms with Gasteiger partial charge in [0.15, 0.2) is 5.82 Å². The number of hydrogen-bond acceptors (Lipinski definition) is 2. The standard InChI is InChI=1S/C16H22BrFN2S/c1-3-16(4-2)7-9-20(10-8-16)12-6-5-11(15(19)21)13(17)14(12)18/h5-6H,3-4,7-10H2,1-2H3,(H2,19,21). The third-order valence-corrected chi connectivity index (χ3v) is 5.99. The van der Waals surface area contributed by atoms with Gasteiger partial charge >= 0.3 is 0 Å². The second kappa shape index (κ2) is 6.61. The molecule has 1 saturated heterocycles. The Balaban J connectivity index is 2.22. The monoisotopic (exact) mass is 372 g/mol. The summed E-state index contributed by atoms with van der Waals surface area (Å²) in [5.41, 5.74) is 7.23. The van der Waals surface area contributed by atoms with Gasteiger partial charge in [-0.05, 0) is 46.3 Å². The van der Waals surface area contributed by atoms with Crippen molar-refractivity contribution in [1.29, 1.82) is 0 Å². The Kier molecular flexibility index (Phi) is 5.25. The van der Waals surface area contributed by atoms with Gasteiger partial charge in [-0.15, -0.1) is 0 Å². The molecular weight excluding hydrogens is 351 g/mol. The fourth-order valence-corrected chi connectivity index (χ4v) is 4.00. The molecule has 1 aliphatic rings. The van der Waals surface area contributed by atoms with Crippen LogP contribution in [-0.2, 0) is 0 Å². The van der Waals surface area contributed by atoms with E-state index in [-0.39, 0.29) is 10.8 Å². The van der Waals surface area contributed by atoms with Gasteiger partial charge in [-0.1, -0.05) is 38.9 Å². The largest absolute Gasteiger partial charge is 0.389 e. The lowest BCUT2D eigenvalue weighted by Gasteiger charge is -2.42. The fraction of sp³-hybridized carbons (Fsp3) is 0.562. The Hall–Kier alpha value is -0.680. The highest BCUT2D eigenvalue weighted by atomic mass is 79.9. The van der Waals surface area contributed by atoms with Crippen molar-refractivity contribution in [2.45, 2.75) is 39.5 Å². The van der Waals surface area contributed by atoms with Crippen LogP contribution in [0.5, 0.6) is 0 Å². The molecule has 0 saturated carbocycles. The zero-order chi connectivity index (χ0) is 15.6. The summed E-state index contributed by atoms with van der Waals surface area (Å²) in [5, 5.41) is 0. The molecule has 0 bridgehead atoms. The molecule has 2 nitrogen and oxygen atoms in total. The summed E-state index contributed by atoms with van der Waals surface area (Å²) < 4.78 is 14.9. The molecule has 5 heteroatoms. The number of nitrogens with two attached hydrogens (primary N) is 1. The lowest BCUT2D eigenvalue weighted by Crippen LogP contribution is -2.40. The summed E-state index contributed by atoms with van der Waals surface area (Å²) in [4.78, 5) is 2.34. The van der Waals surface area contributed by atoms with E-state index in [4.69, 9.17) is 18.0 Å². The lowest BCUT2D eigenvalue weighted by atomic mass is 9.74. The van der Waals surface area contributed by atoms with Crippen LogP contribution >= 0.6 is 28.1 Å². The predicted molar refractivity (Wildman–Crippen MR) is 94.4 cm³/mol. The van der Waals surface area contributed by atoms with Gasteiger partial charge in [0, 0.05) is 18.7 Å². The van der Waals surface area contributed by atoms with E-state index < -0.39 is 0 Å². The van der Waals surface area contributed by atoms with E-state index in [1.165, 1.54) is 12.8 Å².